The molecule has 0 spiro atoms. The van der Waals surface area contributed by atoms with Crippen LogP contribution in [0.1, 0.15) is 11.3 Å². The van der Waals surface area contributed by atoms with Crippen LogP contribution in [0.25, 0.3) is 22.2 Å². The molecular weight excluding hydrogens is 419 g/mol. The molecule has 0 saturated heterocycles. The Balaban J connectivity index is 1.38. The number of hydrogen-bond acceptors (Lipinski definition) is 6. The van der Waals surface area contributed by atoms with Gasteiger partial charge >= 0.3 is 0 Å². The van der Waals surface area contributed by atoms with Crippen molar-refractivity contribution in [1.29, 1.82) is 0 Å². The van der Waals surface area contributed by atoms with Gasteiger partial charge in [0.25, 0.3) is 0 Å². The lowest BCUT2D eigenvalue weighted by Crippen LogP contribution is -1.98. The number of anilines is 2. The van der Waals surface area contributed by atoms with E-state index in [-0.39, 0.29) is 6.54 Å². The highest BCUT2D eigenvalue weighted by Gasteiger charge is 2.14. The van der Waals surface area contributed by atoms with E-state index in [1.165, 1.54) is 12.4 Å². The molecule has 2 heterocycles. The fourth-order valence-corrected chi connectivity index (χ4v) is 3.51. The molecule has 0 radical (unpaired) electrons. The molecule has 0 aliphatic carbocycles. The van der Waals surface area contributed by atoms with Crippen molar-refractivity contribution < 1.29 is 13.5 Å². The summed E-state index contributed by atoms with van der Waals surface area (Å²) >= 11 is 0. The summed E-state index contributed by atoms with van der Waals surface area (Å²) in [5, 5.41) is 3.95. The third kappa shape index (κ3) is 4.53. The molecule has 33 heavy (non-hydrogen) atoms. The van der Waals surface area contributed by atoms with E-state index < -0.39 is 5.82 Å². The molecule has 0 saturated carbocycles. The van der Waals surface area contributed by atoms with E-state index in [9.17, 15) is 4.39 Å². The van der Waals surface area contributed by atoms with Crippen molar-refractivity contribution in [2.45, 2.75) is 13.2 Å². The van der Waals surface area contributed by atoms with E-state index >= 15 is 0 Å². The number of aromatic nitrogens is 2. The highest BCUT2D eigenvalue weighted by atomic mass is 19.1. The van der Waals surface area contributed by atoms with Crippen molar-refractivity contribution >= 4 is 22.4 Å². The van der Waals surface area contributed by atoms with E-state index in [1.807, 2.05) is 54.6 Å². The summed E-state index contributed by atoms with van der Waals surface area (Å²) in [6.07, 6.45) is 1.40. The summed E-state index contributed by atoms with van der Waals surface area (Å²) in [5.41, 5.74) is 8.34. The first-order valence-electron chi connectivity index (χ1n) is 10.5. The Morgan fingerprint density at radius 1 is 0.939 bits per heavy atom. The van der Waals surface area contributed by atoms with E-state index in [0.29, 0.717) is 40.4 Å². The smallest absolute Gasteiger partial charge is 0.141 e. The Morgan fingerprint density at radius 3 is 2.52 bits per heavy atom. The molecule has 2 aromatic heterocycles. The van der Waals surface area contributed by atoms with Gasteiger partial charge in [0.15, 0.2) is 0 Å². The fraction of sp³-hybridized carbons (Fsp3) is 0.0769. The summed E-state index contributed by atoms with van der Waals surface area (Å²) in [5.74, 6) is 1.89. The Morgan fingerprint density at radius 2 is 1.76 bits per heavy atom. The van der Waals surface area contributed by atoms with Crippen molar-refractivity contribution in [2.75, 3.05) is 5.32 Å². The zero-order chi connectivity index (χ0) is 22.6. The maximum absolute atomic E-state index is 14.7. The minimum Gasteiger partial charge on any atom is -0.489 e. The van der Waals surface area contributed by atoms with Gasteiger partial charge in [0.05, 0.1) is 17.6 Å². The van der Waals surface area contributed by atoms with Crippen LogP contribution in [0.15, 0.2) is 89.6 Å². The van der Waals surface area contributed by atoms with Gasteiger partial charge in [-0.05, 0) is 48.0 Å². The predicted molar refractivity (Wildman–Crippen MR) is 126 cm³/mol. The topological polar surface area (TPSA) is 86.2 Å². The van der Waals surface area contributed by atoms with Gasteiger partial charge in [-0.1, -0.05) is 30.3 Å². The number of nitrogens with zero attached hydrogens (tertiary/aromatic N) is 2. The van der Waals surface area contributed by atoms with Crippen molar-refractivity contribution in [2.24, 2.45) is 5.73 Å². The quantitative estimate of drug-likeness (QED) is 0.332. The zero-order valence-electron chi connectivity index (χ0n) is 17.7. The van der Waals surface area contributed by atoms with E-state index in [1.54, 1.807) is 18.2 Å². The van der Waals surface area contributed by atoms with E-state index in [2.05, 4.69) is 15.3 Å². The van der Waals surface area contributed by atoms with Crippen LogP contribution in [-0.4, -0.2) is 9.97 Å². The van der Waals surface area contributed by atoms with Gasteiger partial charge < -0.3 is 20.2 Å². The number of halogens is 1. The van der Waals surface area contributed by atoms with Crippen LogP contribution in [0.4, 0.5) is 15.9 Å². The standard InChI is InChI=1S/C26H21FN4O2/c27-23-13-24-22(12-21(23)25-11-10-20(14-28)33-25)26(30-16-29-24)31-18-6-8-19(9-7-18)32-15-17-4-2-1-3-5-17/h1-13,16H,14-15,28H2,(H,29,30,31). The van der Waals surface area contributed by atoms with Gasteiger partial charge in [0.2, 0.25) is 0 Å². The first-order chi connectivity index (χ1) is 16.2. The highest BCUT2D eigenvalue weighted by Crippen LogP contribution is 2.32. The lowest BCUT2D eigenvalue weighted by atomic mass is 10.1. The van der Waals surface area contributed by atoms with Gasteiger partial charge in [-0.3, -0.25) is 0 Å². The molecule has 0 atom stereocenters. The van der Waals surface area contributed by atoms with Crippen LogP contribution in [0.3, 0.4) is 0 Å². The number of fused-ring (bicyclic) bond motifs is 1. The Labute approximate surface area is 189 Å². The molecule has 6 nitrogen and oxygen atoms in total. The molecule has 3 aromatic carbocycles. The minimum absolute atomic E-state index is 0.246. The van der Waals surface area contributed by atoms with Gasteiger partial charge in [0, 0.05) is 17.1 Å². The molecule has 0 fully saturated rings. The Kier molecular flexibility index (Phi) is 5.70. The number of rotatable bonds is 7. The molecule has 164 valence electrons. The molecule has 0 aliphatic rings. The first kappa shape index (κ1) is 20.7. The molecule has 5 aromatic rings. The number of nitrogens with one attached hydrogen (secondary N) is 1. The van der Waals surface area contributed by atoms with Crippen molar-refractivity contribution in [3.8, 4) is 17.1 Å². The molecule has 0 aliphatic heterocycles. The van der Waals surface area contributed by atoms with Crippen molar-refractivity contribution in [1.82, 2.24) is 9.97 Å². The average molecular weight is 440 g/mol. The maximum Gasteiger partial charge on any atom is 0.141 e. The highest BCUT2D eigenvalue weighted by molar-refractivity contribution is 5.93. The second-order valence-corrected chi connectivity index (χ2v) is 7.47. The summed E-state index contributed by atoms with van der Waals surface area (Å²) in [6, 6.07) is 24.1. The van der Waals surface area contributed by atoms with Crippen LogP contribution >= 0.6 is 0 Å². The van der Waals surface area contributed by atoms with E-state index in [4.69, 9.17) is 14.9 Å². The molecule has 3 N–H and O–H groups in total. The fourth-order valence-electron chi connectivity index (χ4n) is 3.51. The number of ether oxygens (including phenoxy) is 1. The molecule has 5 rings (SSSR count). The number of benzene rings is 3. The van der Waals surface area contributed by atoms with Crippen molar-refractivity contribution in [3.05, 3.63) is 102 Å². The van der Waals surface area contributed by atoms with Crippen molar-refractivity contribution in [3.63, 3.8) is 0 Å². The molecule has 7 heteroatoms. The second-order valence-electron chi connectivity index (χ2n) is 7.47. The van der Waals surface area contributed by atoms with Gasteiger partial charge in [0.1, 0.15) is 41.8 Å². The van der Waals surface area contributed by atoms with Gasteiger partial charge in [-0.2, -0.15) is 0 Å². The maximum atomic E-state index is 14.7. The molecule has 0 unspecified atom stereocenters. The molecular formula is C26H21FN4O2. The molecule has 0 bridgehead atoms. The summed E-state index contributed by atoms with van der Waals surface area (Å²) in [6.45, 7) is 0.743. The first-order valence-corrected chi connectivity index (χ1v) is 10.5. The minimum atomic E-state index is -0.426. The van der Waals surface area contributed by atoms with Gasteiger partial charge in [-0.25, -0.2) is 14.4 Å². The third-order valence-corrected chi connectivity index (χ3v) is 5.22. The zero-order valence-corrected chi connectivity index (χ0v) is 17.7. The summed E-state index contributed by atoms with van der Waals surface area (Å²) in [4.78, 5) is 8.57. The van der Waals surface area contributed by atoms with Gasteiger partial charge in [-0.15, -0.1) is 0 Å². The summed E-state index contributed by atoms with van der Waals surface area (Å²) < 4.78 is 26.2. The van der Waals surface area contributed by atoms with Crippen LogP contribution < -0.4 is 15.8 Å². The lowest BCUT2D eigenvalue weighted by Gasteiger charge is -2.11. The predicted octanol–water partition coefficient (Wildman–Crippen LogP) is 5.81. The van der Waals surface area contributed by atoms with Crippen LogP contribution in [0.2, 0.25) is 0 Å². The van der Waals surface area contributed by atoms with Crippen LogP contribution in [0, 0.1) is 5.82 Å². The molecule has 0 amide bonds. The Hall–Kier alpha value is -4.23. The Bertz CT molecular complexity index is 1390. The summed E-state index contributed by atoms with van der Waals surface area (Å²) in [7, 11) is 0. The number of nitrogens with two attached hydrogens (primary N) is 1. The largest absolute Gasteiger partial charge is 0.489 e. The van der Waals surface area contributed by atoms with Crippen LogP contribution in [0.5, 0.6) is 5.75 Å². The monoisotopic (exact) mass is 440 g/mol. The normalized spacial score (nSPS) is 11.0. The average Bonchev–Trinajstić information content (AvgIpc) is 3.33. The van der Waals surface area contributed by atoms with Crippen LogP contribution in [-0.2, 0) is 13.2 Å². The lowest BCUT2D eigenvalue weighted by molar-refractivity contribution is 0.306. The number of furan rings is 1. The number of hydrogen-bond donors (Lipinski definition) is 2. The second kappa shape index (κ2) is 9.10. The third-order valence-electron chi connectivity index (χ3n) is 5.22. The van der Waals surface area contributed by atoms with E-state index in [0.717, 1.165) is 17.0 Å². The SMILES string of the molecule is NCc1ccc(-c2cc3c(Nc4ccc(OCc5ccccc5)cc4)ncnc3cc2F)o1.